The van der Waals surface area contributed by atoms with Crippen molar-refractivity contribution in [3.05, 3.63) is 40.9 Å². The summed E-state index contributed by atoms with van der Waals surface area (Å²) in [5.74, 6) is 0. The van der Waals surface area contributed by atoms with Gasteiger partial charge in [0.15, 0.2) is 0 Å². The van der Waals surface area contributed by atoms with Gasteiger partial charge in [-0.3, -0.25) is 0 Å². The first-order chi connectivity index (χ1) is 11.4. The molecule has 0 radical (unpaired) electrons. The second kappa shape index (κ2) is 6.21. The number of nitrogen functional groups attached to an aromatic ring is 1. The minimum Gasteiger partial charge on any atom is -0.397 e. The molecule has 24 heavy (non-hydrogen) atoms. The van der Waals surface area contributed by atoms with Crippen molar-refractivity contribution in [2.45, 2.75) is 6.43 Å². The van der Waals surface area contributed by atoms with Crippen molar-refractivity contribution in [3.8, 4) is 16.3 Å². The summed E-state index contributed by atoms with van der Waals surface area (Å²) in [5.41, 5.74) is 11.4. The van der Waals surface area contributed by atoms with Crippen molar-refractivity contribution in [1.29, 1.82) is 0 Å². The van der Waals surface area contributed by atoms with E-state index < -0.39 is 12.5 Å². The first kappa shape index (κ1) is 16.4. The summed E-state index contributed by atoms with van der Waals surface area (Å²) in [6.45, 7) is 0. The van der Waals surface area contributed by atoms with Gasteiger partial charge in [-0.1, -0.05) is 35.1 Å². The van der Waals surface area contributed by atoms with Crippen molar-refractivity contribution in [2.24, 2.45) is 5.73 Å². The smallest absolute Gasteiger partial charge is 0.397 e. The predicted molar refractivity (Wildman–Crippen MR) is 89.6 cm³/mol. The molecule has 1 aromatic carbocycles. The van der Waals surface area contributed by atoms with Crippen LogP contribution in [0.1, 0.15) is 12.0 Å². The van der Waals surface area contributed by atoms with Crippen LogP contribution in [-0.4, -0.2) is 11.1 Å². The number of thiophene rings is 1. The number of amides is 1. The van der Waals surface area contributed by atoms with Crippen LogP contribution in [0, 0.1) is 0 Å². The van der Waals surface area contributed by atoms with E-state index in [2.05, 4.69) is 4.98 Å². The van der Waals surface area contributed by atoms with Crippen molar-refractivity contribution in [1.82, 2.24) is 4.98 Å². The molecule has 1 amide bonds. The van der Waals surface area contributed by atoms with E-state index in [1.807, 2.05) is 0 Å². The van der Waals surface area contributed by atoms with E-state index in [-0.39, 0.29) is 26.5 Å². The van der Waals surface area contributed by atoms with Crippen molar-refractivity contribution < 1.29 is 18.3 Å². The average molecular weight is 370 g/mol. The van der Waals surface area contributed by atoms with E-state index in [1.165, 1.54) is 6.07 Å². The standard InChI is InChI=1S/C15H10ClF2N3O2S/c16-7-3-1-6(2-4-7)9-5-8(12(17)18)10-11(19)14(23-15(20)22)24-13(10)21-9/h1-5,12H,19H2,(H2,20,22). The number of carbonyl (C=O) groups excluding carboxylic acids is 1. The van der Waals surface area contributed by atoms with Crippen LogP contribution in [0.25, 0.3) is 21.5 Å². The highest BCUT2D eigenvalue weighted by Gasteiger charge is 2.22. The minimum atomic E-state index is -2.78. The number of halogens is 3. The summed E-state index contributed by atoms with van der Waals surface area (Å²) < 4.78 is 31.7. The summed E-state index contributed by atoms with van der Waals surface area (Å²) >= 11 is 6.71. The van der Waals surface area contributed by atoms with E-state index in [0.29, 0.717) is 16.3 Å². The minimum absolute atomic E-state index is 0.0554. The Morgan fingerprint density at radius 3 is 2.54 bits per heavy atom. The number of hydrogen-bond donors (Lipinski definition) is 2. The van der Waals surface area contributed by atoms with Crippen molar-refractivity contribution in [3.63, 3.8) is 0 Å². The Morgan fingerprint density at radius 1 is 1.29 bits per heavy atom. The highest BCUT2D eigenvalue weighted by atomic mass is 35.5. The summed E-state index contributed by atoms with van der Waals surface area (Å²) in [7, 11) is 0. The molecule has 0 aliphatic rings. The van der Waals surface area contributed by atoms with Gasteiger partial charge in [-0.15, -0.1) is 0 Å². The second-order valence-electron chi connectivity index (χ2n) is 4.81. The lowest BCUT2D eigenvalue weighted by Gasteiger charge is -2.07. The van der Waals surface area contributed by atoms with Crippen LogP contribution in [0.5, 0.6) is 5.06 Å². The van der Waals surface area contributed by atoms with Gasteiger partial charge >= 0.3 is 6.09 Å². The van der Waals surface area contributed by atoms with E-state index in [9.17, 15) is 13.6 Å². The van der Waals surface area contributed by atoms with Crippen molar-refractivity contribution >= 4 is 44.9 Å². The van der Waals surface area contributed by atoms with Gasteiger partial charge in [0.05, 0.1) is 11.4 Å². The zero-order valence-corrected chi connectivity index (χ0v) is 13.5. The molecule has 0 aliphatic heterocycles. The van der Waals surface area contributed by atoms with Crippen LogP contribution in [0.2, 0.25) is 5.02 Å². The Hall–Kier alpha value is -2.45. The van der Waals surface area contributed by atoms with Gasteiger partial charge in [-0.05, 0) is 18.2 Å². The number of ether oxygens (including phenoxy) is 1. The Labute approximate surface area is 143 Å². The first-order valence-electron chi connectivity index (χ1n) is 6.61. The normalized spacial score (nSPS) is 11.2. The number of rotatable bonds is 3. The van der Waals surface area contributed by atoms with E-state index in [0.717, 1.165) is 11.3 Å². The predicted octanol–water partition coefficient (Wildman–Crippen LogP) is 4.59. The summed E-state index contributed by atoms with van der Waals surface area (Å²) in [4.78, 5) is 15.5. The molecule has 124 valence electrons. The number of hydrogen-bond acceptors (Lipinski definition) is 5. The van der Waals surface area contributed by atoms with Gasteiger partial charge in [-0.25, -0.2) is 18.6 Å². The second-order valence-corrected chi connectivity index (χ2v) is 6.21. The molecule has 4 N–H and O–H groups in total. The maximum Gasteiger partial charge on any atom is 0.410 e. The molecule has 0 unspecified atom stereocenters. The topological polar surface area (TPSA) is 91.2 Å². The van der Waals surface area contributed by atoms with Crippen LogP contribution in [-0.2, 0) is 0 Å². The molecule has 2 heterocycles. The molecule has 0 aliphatic carbocycles. The van der Waals surface area contributed by atoms with Gasteiger partial charge in [0.25, 0.3) is 6.43 Å². The molecule has 9 heteroatoms. The largest absolute Gasteiger partial charge is 0.410 e. The molecule has 5 nitrogen and oxygen atoms in total. The first-order valence-corrected chi connectivity index (χ1v) is 7.80. The van der Waals surface area contributed by atoms with Gasteiger partial charge < -0.3 is 16.2 Å². The third kappa shape index (κ3) is 2.98. The number of alkyl halides is 2. The Bertz CT molecular complexity index is 929. The van der Waals surface area contributed by atoms with E-state index >= 15 is 0 Å². The van der Waals surface area contributed by atoms with Crippen LogP contribution < -0.4 is 16.2 Å². The highest BCUT2D eigenvalue weighted by Crippen LogP contribution is 2.44. The number of benzene rings is 1. The monoisotopic (exact) mass is 369 g/mol. The number of primary amides is 1. The molecule has 0 saturated carbocycles. The molecule has 3 aromatic rings. The fourth-order valence-electron chi connectivity index (χ4n) is 2.24. The number of anilines is 1. The summed E-state index contributed by atoms with van der Waals surface area (Å²) in [6, 6.07) is 7.87. The highest BCUT2D eigenvalue weighted by molar-refractivity contribution is 7.21. The fourth-order valence-corrected chi connectivity index (χ4v) is 3.35. The lowest BCUT2D eigenvalue weighted by atomic mass is 10.1. The Balaban J connectivity index is 2.23. The molecule has 0 saturated heterocycles. The molecule has 2 aromatic heterocycles. The maximum absolute atomic E-state index is 13.5. The average Bonchev–Trinajstić information content (AvgIpc) is 2.82. The molecule has 0 atom stereocenters. The zero-order chi connectivity index (χ0) is 17.4. The number of carbonyl (C=O) groups is 1. The van der Waals surface area contributed by atoms with Gasteiger partial charge in [0, 0.05) is 21.5 Å². The number of fused-ring (bicyclic) bond motifs is 1. The van der Waals surface area contributed by atoms with E-state index in [1.54, 1.807) is 24.3 Å². The van der Waals surface area contributed by atoms with Gasteiger partial charge in [0.1, 0.15) is 4.83 Å². The van der Waals surface area contributed by atoms with Crippen molar-refractivity contribution in [2.75, 3.05) is 5.73 Å². The number of pyridine rings is 1. The Kier molecular flexibility index (Phi) is 4.25. The summed E-state index contributed by atoms with van der Waals surface area (Å²) in [5, 5.41) is 0.524. The molecule has 3 rings (SSSR count). The molecular weight excluding hydrogens is 360 g/mol. The van der Waals surface area contributed by atoms with E-state index in [4.69, 9.17) is 27.8 Å². The zero-order valence-electron chi connectivity index (χ0n) is 11.9. The third-order valence-electron chi connectivity index (χ3n) is 3.26. The van der Waals surface area contributed by atoms with Gasteiger partial charge in [0.2, 0.25) is 5.06 Å². The van der Waals surface area contributed by atoms with Gasteiger partial charge in [-0.2, -0.15) is 0 Å². The fraction of sp³-hybridized carbons (Fsp3) is 0.0667. The van der Waals surface area contributed by atoms with Crippen LogP contribution in [0.4, 0.5) is 19.3 Å². The molecule has 0 fully saturated rings. The SMILES string of the molecule is NC(=O)Oc1sc2nc(-c3ccc(Cl)cc3)cc(C(F)F)c2c1N. The number of aromatic nitrogens is 1. The number of nitrogens with two attached hydrogens (primary N) is 2. The Morgan fingerprint density at radius 2 is 1.96 bits per heavy atom. The summed E-state index contributed by atoms with van der Waals surface area (Å²) in [6.07, 6.45) is -3.86. The van der Waals surface area contributed by atoms with Crippen LogP contribution >= 0.6 is 22.9 Å². The molecule has 0 bridgehead atoms. The maximum atomic E-state index is 13.5. The lowest BCUT2D eigenvalue weighted by molar-refractivity contribution is 0.153. The van der Waals surface area contributed by atoms with Crippen LogP contribution in [0.3, 0.4) is 0 Å². The molecule has 0 spiro atoms. The molecular formula is C15H10ClF2N3O2S. The number of nitrogens with zero attached hydrogens (tertiary/aromatic N) is 1. The quantitative estimate of drug-likeness (QED) is 0.706. The third-order valence-corrected chi connectivity index (χ3v) is 4.49. The van der Waals surface area contributed by atoms with Crippen LogP contribution in [0.15, 0.2) is 30.3 Å². The lowest BCUT2D eigenvalue weighted by Crippen LogP contribution is -2.16.